The van der Waals surface area contributed by atoms with Crippen molar-refractivity contribution in [3.63, 3.8) is 0 Å². The quantitative estimate of drug-likeness (QED) is 0.649. The molecule has 1 unspecified atom stereocenters. The van der Waals surface area contributed by atoms with Crippen molar-refractivity contribution in [2.24, 2.45) is 9.98 Å². The van der Waals surface area contributed by atoms with Gasteiger partial charge in [-0.2, -0.15) is 4.99 Å². The van der Waals surface area contributed by atoms with Gasteiger partial charge in [0.2, 0.25) is 5.91 Å². The smallest absolute Gasteiger partial charge is 0.269 e. The van der Waals surface area contributed by atoms with E-state index in [9.17, 15) is 9.59 Å². The molecule has 1 aliphatic carbocycles. The molecule has 10 heteroatoms. The van der Waals surface area contributed by atoms with Crippen LogP contribution in [0.4, 0.5) is 5.69 Å². The van der Waals surface area contributed by atoms with Gasteiger partial charge in [0.05, 0.1) is 12.4 Å². The first-order valence-corrected chi connectivity index (χ1v) is 12.2. The van der Waals surface area contributed by atoms with E-state index in [4.69, 9.17) is 17.0 Å². The first-order valence-electron chi connectivity index (χ1n) is 9.92. The number of ether oxygens (including phenoxy) is 1. The number of carbonyl (C=O) groups excluding carboxylic acids is 2. The summed E-state index contributed by atoms with van der Waals surface area (Å²) in [7, 11) is 0. The molecule has 2 amide bonds. The lowest BCUT2D eigenvalue weighted by Gasteiger charge is -2.21. The van der Waals surface area contributed by atoms with Crippen LogP contribution in [-0.2, 0) is 9.59 Å². The molecule has 1 saturated heterocycles. The Hall–Kier alpha value is -1.91. The highest BCUT2D eigenvalue weighted by molar-refractivity contribution is 8.25. The Morgan fingerprint density at radius 1 is 1.30 bits per heavy atom. The van der Waals surface area contributed by atoms with E-state index in [2.05, 4.69) is 15.3 Å². The zero-order valence-corrected chi connectivity index (χ0v) is 18.9. The van der Waals surface area contributed by atoms with Crippen molar-refractivity contribution in [2.45, 2.75) is 43.9 Å². The number of anilines is 1. The number of carbonyl (C=O) groups is 2. The Balaban J connectivity index is 1.46. The van der Waals surface area contributed by atoms with Crippen molar-refractivity contribution in [3.05, 3.63) is 24.3 Å². The van der Waals surface area contributed by atoms with Crippen LogP contribution in [0.3, 0.4) is 0 Å². The lowest BCUT2D eigenvalue weighted by Crippen LogP contribution is -2.38. The van der Waals surface area contributed by atoms with E-state index in [0.717, 1.165) is 37.1 Å². The fourth-order valence-electron chi connectivity index (χ4n) is 3.59. The molecule has 1 atom stereocenters. The Morgan fingerprint density at radius 3 is 2.73 bits per heavy atom. The van der Waals surface area contributed by atoms with Gasteiger partial charge in [-0.1, -0.05) is 48.6 Å². The topological polar surface area (TPSA) is 83.4 Å². The number of amidine groups is 2. The Labute approximate surface area is 189 Å². The zero-order valence-electron chi connectivity index (χ0n) is 16.5. The molecule has 2 fully saturated rings. The predicted octanol–water partition coefficient (Wildman–Crippen LogP) is 3.38. The molecule has 1 aromatic rings. The molecule has 0 radical (unpaired) electrons. The second-order valence-corrected chi connectivity index (χ2v) is 9.75. The summed E-state index contributed by atoms with van der Waals surface area (Å²) in [6, 6.07) is 7.77. The molecule has 30 heavy (non-hydrogen) atoms. The molecule has 2 aliphatic heterocycles. The Morgan fingerprint density at radius 2 is 2.03 bits per heavy atom. The molecule has 0 spiro atoms. The van der Waals surface area contributed by atoms with Crippen molar-refractivity contribution in [3.8, 4) is 5.75 Å². The van der Waals surface area contributed by atoms with Crippen LogP contribution in [-0.4, -0.2) is 50.8 Å². The molecule has 1 aromatic carbocycles. The maximum absolute atomic E-state index is 12.6. The van der Waals surface area contributed by atoms with Crippen molar-refractivity contribution in [1.82, 2.24) is 5.32 Å². The van der Waals surface area contributed by atoms with Crippen LogP contribution < -0.4 is 15.0 Å². The minimum absolute atomic E-state index is 0.0518. The molecule has 1 N–H and O–H groups in total. The first-order chi connectivity index (χ1) is 14.5. The fraction of sp³-hybridized carbons (Fsp3) is 0.450. The average Bonchev–Trinajstić information content (AvgIpc) is 3.35. The number of thiocarbonyl (C=S) groups is 1. The number of hydrogen-bond donors (Lipinski definition) is 1. The van der Waals surface area contributed by atoms with Gasteiger partial charge in [-0.05, 0) is 44.0 Å². The van der Waals surface area contributed by atoms with Gasteiger partial charge in [0.25, 0.3) is 5.91 Å². The van der Waals surface area contributed by atoms with Gasteiger partial charge in [0.15, 0.2) is 10.4 Å². The van der Waals surface area contributed by atoms with Crippen LogP contribution >= 0.6 is 35.7 Å². The molecular weight excluding hydrogens is 440 g/mol. The maximum Gasteiger partial charge on any atom is 0.269 e. The van der Waals surface area contributed by atoms with Crippen molar-refractivity contribution >= 4 is 68.6 Å². The number of hydrogen-bond acceptors (Lipinski definition) is 7. The maximum atomic E-state index is 12.6. The third-order valence-corrected chi connectivity index (χ3v) is 7.31. The predicted molar refractivity (Wildman–Crippen MR) is 127 cm³/mol. The largest absolute Gasteiger partial charge is 0.494 e. The first kappa shape index (κ1) is 21.3. The molecule has 1 saturated carbocycles. The second kappa shape index (κ2) is 9.49. The number of benzene rings is 1. The average molecular weight is 463 g/mol. The molecule has 158 valence electrons. The number of aliphatic imine (C=N–C) groups is 2. The summed E-state index contributed by atoms with van der Waals surface area (Å²) < 4.78 is 6.04. The Bertz CT molecular complexity index is 910. The number of fused-ring (bicyclic) bond motifs is 1. The molecule has 7 nitrogen and oxygen atoms in total. The lowest BCUT2D eigenvalue weighted by atomic mass is 10.2. The molecule has 0 bridgehead atoms. The molecule has 2 heterocycles. The number of nitrogens with one attached hydrogen (secondary N) is 1. The van der Waals surface area contributed by atoms with Crippen molar-refractivity contribution in [2.75, 3.05) is 17.3 Å². The number of amides is 2. The van der Waals surface area contributed by atoms with E-state index in [-0.39, 0.29) is 23.6 Å². The lowest BCUT2D eigenvalue weighted by molar-refractivity contribution is -0.119. The minimum Gasteiger partial charge on any atom is -0.494 e. The summed E-state index contributed by atoms with van der Waals surface area (Å²) in [5.74, 6) is 1.16. The van der Waals surface area contributed by atoms with E-state index in [1.165, 1.54) is 23.5 Å². The van der Waals surface area contributed by atoms with E-state index in [0.29, 0.717) is 21.9 Å². The van der Waals surface area contributed by atoms with Crippen LogP contribution in [0.1, 0.15) is 32.6 Å². The van der Waals surface area contributed by atoms with Crippen LogP contribution in [0, 0.1) is 0 Å². The normalized spacial score (nSPS) is 21.4. The summed E-state index contributed by atoms with van der Waals surface area (Å²) in [6.07, 6.45) is 4.39. The fourth-order valence-corrected chi connectivity index (χ4v) is 5.66. The summed E-state index contributed by atoms with van der Waals surface area (Å²) in [6.45, 7) is 2.52. The molecule has 4 rings (SSSR count). The van der Waals surface area contributed by atoms with Gasteiger partial charge in [-0.15, -0.1) is 0 Å². The van der Waals surface area contributed by atoms with Gasteiger partial charge in [0.1, 0.15) is 15.9 Å². The molecule has 3 aliphatic rings. The standard InChI is InChI=1S/C20H22N4O3S3/c1-2-27-14-9-7-13(8-10-14)24-17-16(30-20(24)28)18(26)23-19(22-17)29-11-15(25)21-12-5-3-4-6-12/h7-10,12,16H,2-6,11H2,1H3,(H,21,25). The highest BCUT2D eigenvalue weighted by atomic mass is 32.2. The van der Waals surface area contributed by atoms with E-state index in [1.54, 1.807) is 4.90 Å². The summed E-state index contributed by atoms with van der Waals surface area (Å²) in [5, 5.41) is 2.80. The van der Waals surface area contributed by atoms with Gasteiger partial charge >= 0.3 is 0 Å². The van der Waals surface area contributed by atoms with Gasteiger partial charge in [-0.3, -0.25) is 14.5 Å². The number of rotatable bonds is 6. The van der Waals surface area contributed by atoms with Crippen LogP contribution in [0.2, 0.25) is 0 Å². The summed E-state index contributed by atoms with van der Waals surface area (Å²) in [4.78, 5) is 35.2. The van der Waals surface area contributed by atoms with Crippen LogP contribution in [0.5, 0.6) is 5.75 Å². The minimum atomic E-state index is -0.541. The summed E-state index contributed by atoms with van der Waals surface area (Å²) in [5.41, 5.74) is 0.815. The monoisotopic (exact) mass is 462 g/mol. The van der Waals surface area contributed by atoms with Gasteiger partial charge in [-0.25, -0.2) is 4.99 Å². The molecule has 0 aromatic heterocycles. The van der Waals surface area contributed by atoms with E-state index < -0.39 is 5.25 Å². The number of nitrogens with zero attached hydrogens (tertiary/aromatic N) is 3. The SMILES string of the molecule is CCOc1ccc(N2C(=S)SC3C(=O)N=C(SCC(=O)NC4CCCC4)N=C32)cc1. The second-order valence-electron chi connectivity index (χ2n) is 7.07. The van der Waals surface area contributed by atoms with E-state index in [1.807, 2.05) is 31.2 Å². The van der Waals surface area contributed by atoms with Crippen LogP contribution in [0.25, 0.3) is 0 Å². The van der Waals surface area contributed by atoms with Crippen molar-refractivity contribution < 1.29 is 14.3 Å². The van der Waals surface area contributed by atoms with Crippen molar-refractivity contribution in [1.29, 1.82) is 0 Å². The highest BCUT2D eigenvalue weighted by Gasteiger charge is 2.43. The highest BCUT2D eigenvalue weighted by Crippen LogP contribution is 2.36. The Kier molecular flexibility index (Phi) is 6.74. The van der Waals surface area contributed by atoms with Crippen LogP contribution in [0.15, 0.2) is 34.3 Å². The third-order valence-electron chi connectivity index (χ3n) is 4.96. The van der Waals surface area contributed by atoms with Gasteiger partial charge < -0.3 is 10.1 Å². The zero-order chi connectivity index (χ0) is 21.1. The summed E-state index contributed by atoms with van der Waals surface area (Å²) >= 11 is 7.95. The van der Waals surface area contributed by atoms with E-state index >= 15 is 0 Å². The molecular formula is C20H22N4O3S3. The third kappa shape index (κ3) is 4.70. The van der Waals surface area contributed by atoms with Gasteiger partial charge in [0, 0.05) is 11.7 Å². The number of thioether (sulfide) groups is 2.